The molecule has 0 aliphatic heterocycles. The maximum absolute atomic E-state index is 5.53. The van der Waals surface area contributed by atoms with Crippen LogP contribution in [0.1, 0.15) is 31.3 Å². The molecule has 0 amide bonds. The summed E-state index contributed by atoms with van der Waals surface area (Å²) in [6, 6.07) is 8.11. The van der Waals surface area contributed by atoms with Crippen molar-refractivity contribution in [3.8, 4) is 0 Å². The fourth-order valence-corrected chi connectivity index (χ4v) is 1.51. The van der Waals surface area contributed by atoms with Crippen molar-refractivity contribution in [3.63, 3.8) is 0 Å². The lowest BCUT2D eigenvalue weighted by Gasteiger charge is -2.17. The second-order valence-corrected chi connectivity index (χ2v) is 3.55. The molecule has 3 nitrogen and oxygen atoms in total. The van der Waals surface area contributed by atoms with Gasteiger partial charge < -0.3 is 15.2 Å². The van der Waals surface area contributed by atoms with Gasteiger partial charge >= 0.3 is 0 Å². The van der Waals surface area contributed by atoms with Crippen LogP contribution >= 0.6 is 0 Å². The van der Waals surface area contributed by atoms with E-state index in [1.54, 1.807) is 0 Å². The highest BCUT2D eigenvalue weighted by Crippen LogP contribution is 2.19. The number of nitrogens with two attached hydrogens (primary N) is 1. The Morgan fingerprint density at radius 2 is 1.71 bits per heavy atom. The van der Waals surface area contributed by atoms with E-state index in [0.29, 0.717) is 19.8 Å². The molecule has 0 radical (unpaired) electrons. The number of ether oxygens (including phenoxy) is 2. The fraction of sp³-hybridized carbons (Fsp3) is 0.429. The van der Waals surface area contributed by atoms with Gasteiger partial charge in [-0.2, -0.15) is 0 Å². The average Bonchev–Trinajstić information content (AvgIpc) is 2.37. The molecule has 0 aromatic heterocycles. The van der Waals surface area contributed by atoms with Crippen molar-refractivity contribution in [3.05, 3.63) is 41.5 Å². The van der Waals surface area contributed by atoms with Crippen molar-refractivity contribution in [2.24, 2.45) is 5.73 Å². The third-order valence-electron chi connectivity index (χ3n) is 2.29. The summed E-state index contributed by atoms with van der Waals surface area (Å²) in [5, 5.41) is 0. The van der Waals surface area contributed by atoms with Crippen LogP contribution in [0.2, 0.25) is 0 Å². The molecule has 0 heterocycles. The SMILES string of the molecule is CCOC(OCC)c1ccc(C=CCN)cc1. The van der Waals surface area contributed by atoms with E-state index in [1.807, 2.05) is 50.3 Å². The van der Waals surface area contributed by atoms with Gasteiger partial charge in [0.1, 0.15) is 0 Å². The summed E-state index contributed by atoms with van der Waals surface area (Å²) in [5.74, 6) is 0. The molecule has 0 bridgehead atoms. The van der Waals surface area contributed by atoms with Crippen LogP contribution in [-0.4, -0.2) is 19.8 Å². The quantitative estimate of drug-likeness (QED) is 0.739. The van der Waals surface area contributed by atoms with Crippen molar-refractivity contribution in [2.75, 3.05) is 19.8 Å². The van der Waals surface area contributed by atoms with Crippen molar-refractivity contribution in [2.45, 2.75) is 20.1 Å². The Hall–Kier alpha value is -1.16. The molecule has 0 aliphatic rings. The molecule has 0 saturated heterocycles. The standard InChI is InChI=1S/C14H21NO2/c1-3-16-14(17-4-2)13-9-7-12(8-10-13)6-5-11-15/h5-10,14H,3-4,11,15H2,1-2H3. The molecule has 1 aromatic rings. The van der Waals surface area contributed by atoms with E-state index in [2.05, 4.69) is 0 Å². The van der Waals surface area contributed by atoms with Crippen LogP contribution in [0.15, 0.2) is 30.3 Å². The van der Waals surface area contributed by atoms with Crippen LogP contribution in [0.4, 0.5) is 0 Å². The van der Waals surface area contributed by atoms with Crippen LogP contribution in [-0.2, 0) is 9.47 Å². The molecule has 3 heteroatoms. The van der Waals surface area contributed by atoms with Crippen LogP contribution in [0.5, 0.6) is 0 Å². The van der Waals surface area contributed by atoms with E-state index in [4.69, 9.17) is 15.2 Å². The summed E-state index contributed by atoms with van der Waals surface area (Å²) >= 11 is 0. The lowest BCUT2D eigenvalue weighted by molar-refractivity contribution is -0.140. The first kappa shape index (κ1) is 13.9. The van der Waals surface area contributed by atoms with Crippen molar-refractivity contribution in [1.29, 1.82) is 0 Å². The Kier molecular flexibility index (Phi) is 6.55. The first-order valence-corrected chi connectivity index (χ1v) is 6.01. The van der Waals surface area contributed by atoms with Gasteiger partial charge in [-0.3, -0.25) is 0 Å². The molecule has 94 valence electrons. The number of benzene rings is 1. The summed E-state index contributed by atoms with van der Waals surface area (Å²) < 4.78 is 11.1. The highest BCUT2D eigenvalue weighted by atomic mass is 16.7. The Balaban J connectivity index is 2.72. The molecule has 0 aliphatic carbocycles. The molecular formula is C14H21NO2. The van der Waals surface area contributed by atoms with E-state index >= 15 is 0 Å². The summed E-state index contributed by atoms with van der Waals surface area (Å²) in [6.45, 7) is 5.76. The zero-order valence-electron chi connectivity index (χ0n) is 10.6. The maximum atomic E-state index is 5.53. The van der Waals surface area contributed by atoms with Crippen molar-refractivity contribution < 1.29 is 9.47 Å². The normalized spacial score (nSPS) is 11.5. The Morgan fingerprint density at radius 1 is 1.12 bits per heavy atom. The minimum atomic E-state index is -0.266. The highest BCUT2D eigenvalue weighted by molar-refractivity contribution is 5.49. The van der Waals surface area contributed by atoms with Gasteiger partial charge in [0.25, 0.3) is 0 Å². The number of rotatable bonds is 7. The first-order valence-electron chi connectivity index (χ1n) is 6.01. The summed E-state index contributed by atoms with van der Waals surface area (Å²) in [5.41, 5.74) is 7.58. The predicted molar refractivity (Wildman–Crippen MR) is 70.5 cm³/mol. The van der Waals surface area contributed by atoms with Crippen LogP contribution < -0.4 is 5.73 Å². The molecule has 0 unspecified atom stereocenters. The molecule has 2 N–H and O–H groups in total. The molecule has 17 heavy (non-hydrogen) atoms. The van der Waals surface area contributed by atoms with Gasteiger partial charge in [-0.25, -0.2) is 0 Å². The Labute approximate surface area is 103 Å². The van der Waals surface area contributed by atoms with E-state index in [1.165, 1.54) is 0 Å². The monoisotopic (exact) mass is 235 g/mol. The van der Waals surface area contributed by atoms with E-state index in [-0.39, 0.29) is 6.29 Å². The number of hydrogen-bond donors (Lipinski definition) is 1. The minimum absolute atomic E-state index is 0.266. The minimum Gasteiger partial charge on any atom is -0.349 e. The van der Waals surface area contributed by atoms with Gasteiger partial charge in [-0.05, 0) is 19.4 Å². The Morgan fingerprint density at radius 3 is 2.18 bits per heavy atom. The van der Waals surface area contributed by atoms with Crippen LogP contribution in [0, 0.1) is 0 Å². The van der Waals surface area contributed by atoms with Crippen molar-refractivity contribution >= 4 is 6.08 Å². The molecule has 0 spiro atoms. The lowest BCUT2D eigenvalue weighted by Crippen LogP contribution is -2.08. The zero-order chi connectivity index (χ0) is 12.5. The third kappa shape index (κ3) is 4.69. The van der Waals surface area contributed by atoms with Crippen LogP contribution in [0.3, 0.4) is 0 Å². The summed E-state index contributed by atoms with van der Waals surface area (Å²) in [6.07, 6.45) is 3.66. The zero-order valence-corrected chi connectivity index (χ0v) is 10.6. The van der Waals surface area contributed by atoms with Gasteiger partial charge in [0.2, 0.25) is 0 Å². The molecule has 1 rings (SSSR count). The van der Waals surface area contributed by atoms with Gasteiger partial charge in [0, 0.05) is 25.3 Å². The summed E-state index contributed by atoms with van der Waals surface area (Å²) in [4.78, 5) is 0. The largest absolute Gasteiger partial charge is 0.349 e. The van der Waals surface area contributed by atoms with Crippen molar-refractivity contribution in [1.82, 2.24) is 0 Å². The highest BCUT2D eigenvalue weighted by Gasteiger charge is 2.10. The maximum Gasteiger partial charge on any atom is 0.183 e. The third-order valence-corrected chi connectivity index (χ3v) is 2.29. The van der Waals surface area contributed by atoms with Crippen LogP contribution in [0.25, 0.3) is 6.08 Å². The fourth-order valence-electron chi connectivity index (χ4n) is 1.51. The van der Waals surface area contributed by atoms with Gasteiger partial charge in [-0.1, -0.05) is 36.4 Å². The molecule has 0 saturated carbocycles. The Bertz CT molecular complexity index is 327. The van der Waals surface area contributed by atoms with E-state index < -0.39 is 0 Å². The van der Waals surface area contributed by atoms with Gasteiger partial charge in [0.05, 0.1) is 0 Å². The van der Waals surface area contributed by atoms with E-state index in [9.17, 15) is 0 Å². The van der Waals surface area contributed by atoms with E-state index in [0.717, 1.165) is 11.1 Å². The molecule has 0 atom stereocenters. The molecule has 1 aromatic carbocycles. The van der Waals surface area contributed by atoms with Gasteiger partial charge in [0.15, 0.2) is 6.29 Å². The molecule has 0 fully saturated rings. The topological polar surface area (TPSA) is 44.5 Å². The van der Waals surface area contributed by atoms with Gasteiger partial charge in [-0.15, -0.1) is 0 Å². The summed E-state index contributed by atoms with van der Waals surface area (Å²) in [7, 11) is 0. The predicted octanol–water partition coefficient (Wildman–Crippen LogP) is 2.73. The number of hydrogen-bond acceptors (Lipinski definition) is 3. The molecular weight excluding hydrogens is 214 g/mol. The second-order valence-electron chi connectivity index (χ2n) is 3.55. The average molecular weight is 235 g/mol. The lowest BCUT2D eigenvalue weighted by atomic mass is 10.1. The first-order chi connectivity index (χ1) is 8.31. The smallest absolute Gasteiger partial charge is 0.183 e. The second kappa shape index (κ2) is 8.01.